The highest BCUT2D eigenvalue weighted by Gasteiger charge is 1.87. The number of unbranched alkanes of at least 4 members (excludes halogenated alkanes) is 2. The van der Waals surface area contributed by atoms with E-state index >= 15 is 0 Å². The molecule has 0 aliphatic carbocycles. The van der Waals surface area contributed by atoms with Crippen molar-refractivity contribution in [1.29, 1.82) is 0 Å². The van der Waals surface area contributed by atoms with Crippen molar-refractivity contribution in [3.63, 3.8) is 0 Å². The van der Waals surface area contributed by atoms with Crippen LogP contribution in [0.3, 0.4) is 0 Å². The van der Waals surface area contributed by atoms with Crippen LogP contribution in [0.5, 0.6) is 0 Å². The van der Waals surface area contributed by atoms with Gasteiger partial charge in [-0.25, -0.2) is 0 Å². The van der Waals surface area contributed by atoms with E-state index in [0.717, 1.165) is 30.7 Å². The molecule has 0 aliphatic rings. The van der Waals surface area contributed by atoms with Crippen LogP contribution in [-0.4, -0.2) is 17.8 Å². The Bertz CT molecular complexity index is 114. The Morgan fingerprint density at radius 2 is 2.30 bits per heavy atom. The molecular formula is C7H13NOS. The van der Waals surface area contributed by atoms with Gasteiger partial charge in [0.05, 0.1) is 4.99 Å². The topological polar surface area (TPSA) is 29.1 Å². The molecule has 0 heterocycles. The van der Waals surface area contributed by atoms with Crippen molar-refractivity contribution in [2.45, 2.75) is 26.2 Å². The molecule has 2 nitrogen and oxygen atoms in total. The van der Waals surface area contributed by atoms with Crippen molar-refractivity contribution in [3.8, 4) is 0 Å². The molecule has 0 radical (unpaired) electrons. The fourth-order valence-corrected chi connectivity index (χ4v) is 0.719. The smallest absolute Gasteiger partial charge is 0.119 e. The molecule has 0 atom stereocenters. The van der Waals surface area contributed by atoms with Gasteiger partial charge in [0.15, 0.2) is 0 Å². The SMILES string of the molecule is CC(=S)NCCCCC=O. The van der Waals surface area contributed by atoms with Crippen molar-refractivity contribution in [2.24, 2.45) is 0 Å². The molecule has 0 saturated heterocycles. The molecule has 0 aromatic heterocycles. The van der Waals surface area contributed by atoms with E-state index in [1.54, 1.807) is 0 Å². The van der Waals surface area contributed by atoms with Gasteiger partial charge in [-0.15, -0.1) is 0 Å². The summed E-state index contributed by atoms with van der Waals surface area (Å²) in [5.74, 6) is 0. The summed E-state index contributed by atoms with van der Waals surface area (Å²) >= 11 is 4.79. The number of hydrogen-bond donors (Lipinski definition) is 1. The predicted octanol–water partition coefficient (Wildman–Crippen LogP) is 1.29. The summed E-state index contributed by atoms with van der Waals surface area (Å²) < 4.78 is 0. The third-order valence-corrected chi connectivity index (χ3v) is 1.27. The van der Waals surface area contributed by atoms with Crippen LogP contribution in [-0.2, 0) is 4.79 Å². The van der Waals surface area contributed by atoms with E-state index in [1.807, 2.05) is 6.92 Å². The zero-order valence-corrected chi connectivity index (χ0v) is 7.04. The summed E-state index contributed by atoms with van der Waals surface area (Å²) in [6.45, 7) is 2.75. The van der Waals surface area contributed by atoms with Gasteiger partial charge in [0.25, 0.3) is 0 Å². The van der Waals surface area contributed by atoms with Crippen molar-refractivity contribution in [3.05, 3.63) is 0 Å². The zero-order chi connectivity index (χ0) is 7.82. The molecule has 0 aromatic rings. The lowest BCUT2D eigenvalue weighted by Crippen LogP contribution is -2.18. The van der Waals surface area contributed by atoms with Gasteiger partial charge in [-0.1, -0.05) is 12.2 Å². The molecule has 0 aromatic carbocycles. The van der Waals surface area contributed by atoms with Crippen LogP contribution >= 0.6 is 12.2 Å². The highest BCUT2D eigenvalue weighted by atomic mass is 32.1. The quantitative estimate of drug-likeness (QED) is 0.372. The van der Waals surface area contributed by atoms with Gasteiger partial charge >= 0.3 is 0 Å². The monoisotopic (exact) mass is 159 g/mol. The Hall–Kier alpha value is -0.440. The lowest BCUT2D eigenvalue weighted by atomic mass is 10.2. The second kappa shape index (κ2) is 6.68. The molecule has 3 heteroatoms. The maximum Gasteiger partial charge on any atom is 0.119 e. The van der Waals surface area contributed by atoms with E-state index < -0.39 is 0 Å². The van der Waals surface area contributed by atoms with E-state index in [-0.39, 0.29) is 0 Å². The highest BCUT2D eigenvalue weighted by Crippen LogP contribution is 1.89. The average Bonchev–Trinajstić information content (AvgIpc) is 1.87. The first-order valence-corrected chi connectivity index (χ1v) is 3.86. The van der Waals surface area contributed by atoms with E-state index in [2.05, 4.69) is 5.32 Å². The van der Waals surface area contributed by atoms with Gasteiger partial charge in [-0.3, -0.25) is 0 Å². The number of carbonyl (C=O) groups is 1. The minimum atomic E-state index is 0.665. The number of carbonyl (C=O) groups excluding carboxylic acids is 1. The molecular weight excluding hydrogens is 146 g/mol. The lowest BCUT2D eigenvalue weighted by molar-refractivity contribution is -0.107. The summed E-state index contributed by atoms with van der Waals surface area (Å²) in [7, 11) is 0. The molecule has 0 rings (SSSR count). The van der Waals surface area contributed by atoms with Crippen molar-refractivity contribution in [2.75, 3.05) is 6.54 Å². The Morgan fingerprint density at radius 1 is 1.60 bits per heavy atom. The molecule has 0 aliphatic heterocycles. The first-order valence-electron chi connectivity index (χ1n) is 3.45. The Kier molecular flexibility index (Phi) is 6.38. The molecule has 58 valence electrons. The second-order valence-corrected chi connectivity index (χ2v) is 2.76. The van der Waals surface area contributed by atoms with Crippen molar-refractivity contribution >= 4 is 23.5 Å². The number of thiocarbonyl (C=S) groups is 1. The van der Waals surface area contributed by atoms with Crippen molar-refractivity contribution < 1.29 is 4.79 Å². The normalized spacial score (nSPS) is 8.90. The summed E-state index contributed by atoms with van der Waals surface area (Å²) in [4.78, 5) is 10.7. The van der Waals surface area contributed by atoms with E-state index in [1.165, 1.54) is 0 Å². The van der Waals surface area contributed by atoms with E-state index in [4.69, 9.17) is 12.2 Å². The van der Waals surface area contributed by atoms with E-state index in [0.29, 0.717) is 6.42 Å². The summed E-state index contributed by atoms with van der Waals surface area (Å²) in [6, 6.07) is 0. The van der Waals surface area contributed by atoms with Gasteiger partial charge in [-0.05, 0) is 19.8 Å². The first-order chi connectivity index (χ1) is 4.77. The van der Waals surface area contributed by atoms with Crippen LogP contribution in [0.4, 0.5) is 0 Å². The van der Waals surface area contributed by atoms with Gasteiger partial charge < -0.3 is 10.1 Å². The van der Waals surface area contributed by atoms with Crippen LogP contribution < -0.4 is 5.32 Å². The van der Waals surface area contributed by atoms with Crippen LogP contribution in [0.1, 0.15) is 26.2 Å². The van der Waals surface area contributed by atoms with Gasteiger partial charge in [0, 0.05) is 13.0 Å². The lowest BCUT2D eigenvalue weighted by Gasteiger charge is -2.00. The Labute approximate surface area is 67.0 Å². The van der Waals surface area contributed by atoms with Crippen LogP contribution in [0.2, 0.25) is 0 Å². The highest BCUT2D eigenvalue weighted by molar-refractivity contribution is 7.80. The Balaban J connectivity index is 2.90. The molecule has 0 spiro atoms. The van der Waals surface area contributed by atoms with Gasteiger partial charge in [0.2, 0.25) is 0 Å². The van der Waals surface area contributed by atoms with Gasteiger partial charge in [-0.2, -0.15) is 0 Å². The third-order valence-electron chi connectivity index (χ3n) is 1.12. The largest absolute Gasteiger partial charge is 0.380 e. The zero-order valence-electron chi connectivity index (χ0n) is 6.22. The molecule has 0 saturated carbocycles. The second-order valence-electron chi connectivity index (χ2n) is 2.15. The summed E-state index contributed by atoms with van der Waals surface area (Å²) in [5, 5.41) is 3.02. The minimum absolute atomic E-state index is 0.665. The number of aldehydes is 1. The molecule has 0 fully saturated rings. The van der Waals surface area contributed by atoms with Crippen LogP contribution in [0.15, 0.2) is 0 Å². The maximum atomic E-state index is 9.86. The summed E-state index contributed by atoms with van der Waals surface area (Å²) in [5.41, 5.74) is 0. The third kappa shape index (κ3) is 7.56. The van der Waals surface area contributed by atoms with Gasteiger partial charge in [0.1, 0.15) is 6.29 Å². The fraction of sp³-hybridized carbons (Fsp3) is 0.714. The van der Waals surface area contributed by atoms with Crippen molar-refractivity contribution in [1.82, 2.24) is 5.32 Å². The maximum absolute atomic E-state index is 9.86. The van der Waals surface area contributed by atoms with Crippen LogP contribution in [0.25, 0.3) is 0 Å². The van der Waals surface area contributed by atoms with Crippen LogP contribution in [0, 0.1) is 0 Å². The minimum Gasteiger partial charge on any atom is -0.380 e. The average molecular weight is 159 g/mol. The molecule has 1 N–H and O–H groups in total. The standard InChI is InChI=1S/C7H13NOS/c1-7(10)8-5-3-2-4-6-9/h6H,2-5H2,1H3,(H,8,10). The number of nitrogens with one attached hydrogen (secondary N) is 1. The predicted molar refractivity (Wildman–Crippen MR) is 46.2 cm³/mol. The molecule has 0 amide bonds. The summed E-state index contributed by atoms with van der Waals surface area (Å²) in [6.07, 6.45) is 3.59. The van der Waals surface area contributed by atoms with E-state index in [9.17, 15) is 4.79 Å². The molecule has 10 heavy (non-hydrogen) atoms. The fourth-order valence-electron chi connectivity index (χ4n) is 0.617. The Morgan fingerprint density at radius 3 is 2.80 bits per heavy atom. The number of rotatable bonds is 5. The first kappa shape index (κ1) is 9.56. The molecule has 0 unspecified atom stereocenters. The number of hydrogen-bond acceptors (Lipinski definition) is 2. The molecule has 0 bridgehead atoms.